The number of methoxy groups -OCH3 is 3. The highest BCUT2D eigenvalue weighted by atomic mass is 16.5. The number of fused-ring (bicyclic) bond motifs is 1. The summed E-state index contributed by atoms with van der Waals surface area (Å²) in [5.74, 6) is 3.51. The van der Waals surface area contributed by atoms with E-state index in [2.05, 4.69) is 34.5 Å². The first-order valence-corrected chi connectivity index (χ1v) is 13.3. The highest BCUT2D eigenvalue weighted by molar-refractivity contribution is 5.83. The predicted molar refractivity (Wildman–Crippen MR) is 143 cm³/mol. The van der Waals surface area contributed by atoms with E-state index >= 15 is 0 Å². The van der Waals surface area contributed by atoms with Crippen molar-refractivity contribution in [2.75, 3.05) is 52.5 Å². The van der Waals surface area contributed by atoms with E-state index in [0.29, 0.717) is 23.2 Å². The second-order valence-corrected chi connectivity index (χ2v) is 10.0. The van der Waals surface area contributed by atoms with Gasteiger partial charge < -0.3 is 23.8 Å². The second-order valence-electron chi connectivity index (χ2n) is 10.0. The lowest BCUT2D eigenvalue weighted by atomic mass is 9.84. The van der Waals surface area contributed by atoms with E-state index in [1.807, 2.05) is 12.1 Å². The van der Waals surface area contributed by atoms with Crippen LogP contribution in [0, 0.1) is 11.8 Å². The average Bonchev–Trinajstić information content (AvgIpc) is 3.28. The first-order chi connectivity index (χ1) is 17.7. The van der Waals surface area contributed by atoms with Gasteiger partial charge in [0.1, 0.15) is 17.2 Å². The smallest absolute Gasteiger partial charge is 0.135 e. The Morgan fingerprint density at radius 2 is 1.61 bits per heavy atom. The third kappa shape index (κ3) is 4.73. The average molecular weight is 494 g/mol. The number of anilines is 1. The molecular formula is C29H39N3O4. The lowest BCUT2D eigenvalue weighted by Crippen LogP contribution is -2.38. The molecule has 0 bridgehead atoms. The number of hydrogen-bond donors (Lipinski definition) is 0. The summed E-state index contributed by atoms with van der Waals surface area (Å²) in [4.78, 5) is 2.65. The van der Waals surface area contributed by atoms with Crippen molar-refractivity contribution in [3.63, 3.8) is 0 Å². The van der Waals surface area contributed by atoms with Gasteiger partial charge in [-0.1, -0.05) is 19.4 Å². The molecule has 1 aromatic carbocycles. The molecule has 1 saturated carbocycles. The number of pyridine rings is 1. The van der Waals surface area contributed by atoms with E-state index in [4.69, 9.17) is 24.0 Å². The maximum atomic E-state index is 5.80. The van der Waals surface area contributed by atoms with Crippen LogP contribution in [0.2, 0.25) is 0 Å². The molecule has 0 atom stereocenters. The number of aryl methyl sites for hydroxylation is 1. The van der Waals surface area contributed by atoms with Crippen molar-refractivity contribution in [2.24, 2.45) is 11.8 Å². The normalized spacial score (nSPS) is 16.7. The van der Waals surface area contributed by atoms with Crippen LogP contribution < -0.4 is 19.1 Å². The molecule has 1 aliphatic carbocycles. The van der Waals surface area contributed by atoms with Crippen LogP contribution in [-0.2, 0) is 11.2 Å². The minimum atomic E-state index is 0.656. The van der Waals surface area contributed by atoms with E-state index in [-0.39, 0.29) is 0 Å². The third-order valence-electron chi connectivity index (χ3n) is 7.85. The number of hydrogen-bond acceptors (Lipinski definition) is 6. The highest BCUT2D eigenvalue weighted by Gasteiger charge is 2.28. The molecule has 0 unspecified atom stereocenters. The van der Waals surface area contributed by atoms with Gasteiger partial charge in [0, 0.05) is 38.4 Å². The quantitative estimate of drug-likeness (QED) is 0.365. The Kier molecular flexibility index (Phi) is 7.56. The Morgan fingerprint density at radius 3 is 2.17 bits per heavy atom. The van der Waals surface area contributed by atoms with Gasteiger partial charge in [0.25, 0.3) is 0 Å². The summed E-state index contributed by atoms with van der Waals surface area (Å²) in [5.41, 5.74) is 5.37. The van der Waals surface area contributed by atoms with Crippen LogP contribution in [0.1, 0.15) is 44.7 Å². The SMILES string of the molecule is CCc1nn2c(-c3c(OC)cc(OC)cc3OC)cccc2c1N(CC1CCC1)CC1CCOCC1. The van der Waals surface area contributed by atoms with Crippen LogP contribution in [0.15, 0.2) is 30.3 Å². The molecule has 0 N–H and O–H groups in total. The van der Waals surface area contributed by atoms with Crippen LogP contribution in [0.3, 0.4) is 0 Å². The highest BCUT2D eigenvalue weighted by Crippen LogP contribution is 2.43. The topological polar surface area (TPSA) is 57.5 Å². The molecule has 7 heteroatoms. The van der Waals surface area contributed by atoms with Gasteiger partial charge in [-0.05, 0) is 56.1 Å². The van der Waals surface area contributed by atoms with E-state index in [1.165, 1.54) is 24.9 Å². The molecule has 2 aromatic heterocycles. The van der Waals surface area contributed by atoms with Gasteiger partial charge in [-0.2, -0.15) is 5.10 Å². The molecular weight excluding hydrogens is 454 g/mol. The molecule has 2 fully saturated rings. The zero-order valence-corrected chi connectivity index (χ0v) is 22.1. The minimum absolute atomic E-state index is 0.656. The summed E-state index contributed by atoms with van der Waals surface area (Å²) >= 11 is 0. The largest absolute Gasteiger partial charge is 0.496 e. The van der Waals surface area contributed by atoms with Crippen LogP contribution in [0.5, 0.6) is 17.2 Å². The minimum Gasteiger partial charge on any atom is -0.496 e. The number of nitrogens with zero attached hydrogens (tertiary/aromatic N) is 3. The predicted octanol–water partition coefficient (Wildman–Crippen LogP) is 5.62. The lowest BCUT2D eigenvalue weighted by molar-refractivity contribution is 0.0678. The van der Waals surface area contributed by atoms with Crippen molar-refractivity contribution < 1.29 is 18.9 Å². The number of aromatic nitrogens is 2. The maximum absolute atomic E-state index is 5.80. The van der Waals surface area contributed by atoms with E-state index in [0.717, 1.165) is 74.0 Å². The number of ether oxygens (including phenoxy) is 4. The molecule has 1 aliphatic heterocycles. The summed E-state index contributed by atoms with van der Waals surface area (Å²) in [5, 5.41) is 5.17. The Balaban J connectivity index is 1.63. The van der Waals surface area contributed by atoms with Crippen molar-refractivity contribution in [1.82, 2.24) is 9.61 Å². The zero-order valence-electron chi connectivity index (χ0n) is 22.1. The number of rotatable bonds is 10. The standard InChI is InChI=1S/C29H39N3O4/c1-5-23-29(31(18-20-8-6-9-20)19-21-12-14-36-15-13-21)25-11-7-10-24(32(25)30-23)28-26(34-3)16-22(33-2)17-27(28)35-4/h7,10-11,16-17,20-21H,5-6,8-9,12-15,18-19H2,1-4H3. The Bertz CT molecular complexity index is 1160. The fraction of sp³-hybridized carbons (Fsp3) is 0.552. The first-order valence-electron chi connectivity index (χ1n) is 13.3. The van der Waals surface area contributed by atoms with Gasteiger partial charge in [-0.25, -0.2) is 4.52 Å². The molecule has 3 heterocycles. The van der Waals surface area contributed by atoms with Crippen molar-refractivity contribution >= 4 is 11.2 Å². The van der Waals surface area contributed by atoms with Gasteiger partial charge in [0.05, 0.1) is 49.5 Å². The monoisotopic (exact) mass is 493 g/mol. The lowest BCUT2D eigenvalue weighted by Gasteiger charge is -2.36. The van der Waals surface area contributed by atoms with Gasteiger partial charge in [0.15, 0.2) is 0 Å². The molecule has 0 spiro atoms. The van der Waals surface area contributed by atoms with Crippen LogP contribution >= 0.6 is 0 Å². The zero-order chi connectivity index (χ0) is 25.1. The van der Waals surface area contributed by atoms with Crippen LogP contribution in [0.4, 0.5) is 5.69 Å². The summed E-state index contributed by atoms with van der Waals surface area (Å²) in [7, 11) is 5.01. The van der Waals surface area contributed by atoms with Gasteiger partial charge >= 0.3 is 0 Å². The van der Waals surface area contributed by atoms with Gasteiger partial charge in [0.2, 0.25) is 0 Å². The van der Waals surface area contributed by atoms with Crippen molar-refractivity contribution in [1.29, 1.82) is 0 Å². The summed E-state index contributed by atoms with van der Waals surface area (Å²) in [6.07, 6.45) is 7.15. The summed E-state index contributed by atoms with van der Waals surface area (Å²) < 4.78 is 24.8. The fourth-order valence-electron chi connectivity index (χ4n) is 5.62. The van der Waals surface area contributed by atoms with Crippen molar-refractivity contribution in [3.05, 3.63) is 36.0 Å². The van der Waals surface area contributed by atoms with Gasteiger partial charge in [-0.3, -0.25) is 0 Å². The molecule has 36 heavy (non-hydrogen) atoms. The first kappa shape index (κ1) is 24.8. The van der Waals surface area contributed by atoms with Crippen molar-refractivity contribution in [2.45, 2.75) is 45.4 Å². The molecule has 1 saturated heterocycles. The van der Waals surface area contributed by atoms with Crippen LogP contribution in [-0.4, -0.2) is 57.2 Å². The molecule has 2 aliphatic rings. The third-order valence-corrected chi connectivity index (χ3v) is 7.85. The van der Waals surface area contributed by atoms with E-state index < -0.39 is 0 Å². The second kappa shape index (κ2) is 11.0. The molecule has 3 aromatic rings. The summed E-state index contributed by atoms with van der Waals surface area (Å²) in [6, 6.07) is 10.2. The van der Waals surface area contributed by atoms with Crippen LogP contribution in [0.25, 0.3) is 16.8 Å². The summed E-state index contributed by atoms with van der Waals surface area (Å²) in [6.45, 7) is 6.12. The Morgan fingerprint density at radius 1 is 0.944 bits per heavy atom. The van der Waals surface area contributed by atoms with E-state index in [1.54, 1.807) is 21.3 Å². The van der Waals surface area contributed by atoms with E-state index in [9.17, 15) is 0 Å². The molecule has 7 nitrogen and oxygen atoms in total. The molecule has 5 rings (SSSR count). The maximum Gasteiger partial charge on any atom is 0.135 e. The van der Waals surface area contributed by atoms with Gasteiger partial charge in [-0.15, -0.1) is 0 Å². The molecule has 0 amide bonds. The van der Waals surface area contributed by atoms with Crippen molar-refractivity contribution in [3.8, 4) is 28.5 Å². The fourth-order valence-corrected chi connectivity index (χ4v) is 5.62. The number of benzene rings is 1. The Hall–Kier alpha value is -2.93. The Labute approximate surface area is 214 Å². The molecule has 0 radical (unpaired) electrons. The molecule has 194 valence electrons.